The average molecular weight is 308 g/mol. The highest BCUT2D eigenvalue weighted by molar-refractivity contribution is 7.89. The van der Waals surface area contributed by atoms with Gasteiger partial charge in [-0.2, -0.15) is 0 Å². The number of hydrogen-bond donors (Lipinski definition) is 2. The Morgan fingerprint density at radius 1 is 1.24 bits per heavy atom. The van der Waals surface area contributed by atoms with Crippen LogP contribution in [0.3, 0.4) is 0 Å². The second kappa shape index (κ2) is 6.84. The summed E-state index contributed by atoms with van der Waals surface area (Å²) < 4.78 is 24.4. The number of primary sulfonamides is 1. The van der Waals surface area contributed by atoms with Gasteiger partial charge in [0, 0.05) is 25.5 Å². The summed E-state index contributed by atoms with van der Waals surface area (Å²) in [4.78, 5) is 4.45. The van der Waals surface area contributed by atoms with Gasteiger partial charge in [0.1, 0.15) is 5.82 Å². The lowest BCUT2D eigenvalue weighted by atomic mass is 10.2. The van der Waals surface area contributed by atoms with Crippen LogP contribution in [0.1, 0.15) is 24.7 Å². The fourth-order valence-corrected chi connectivity index (χ4v) is 2.58. The van der Waals surface area contributed by atoms with Crippen LogP contribution in [0.5, 0.6) is 0 Å². The number of sulfonamides is 1. The van der Waals surface area contributed by atoms with Crippen LogP contribution in [0.4, 0.5) is 0 Å². The second-order valence-electron chi connectivity index (χ2n) is 4.83. The minimum atomic E-state index is -3.62. The maximum atomic E-state index is 11.2. The number of nitrogens with zero attached hydrogens (tertiary/aromatic N) is 2. The van der Waals surface area contributed by atoms with E-state index in [1.807, 2.05) is 6.20 Å². The highest BCUT2D eigenvalue weighted by atomic mass is 32.2. The smallest absolute Gasteiger partial charge is 0.238 e. The maximum absolute atomic E-state index is 11.2. The number of nitrogens with one attached hydrogen (secondary N) is 1. The van der Waals surface area contributed by atoms with Crippen molar-refractivity contribution in [3.8, 4) is 0 Å². The molecule has 1 aromatic carbocycles. The summed E-state index contributed by atoms with van der Waals surface area (Å²) in [5, 5.41) is 8.36. The van der Waals surface area contributed by atoms with Gasteiger partial charge in [0.05, 0.1) is 11.4 Å². The van der Waals surface area contributed by atoms with Crippen molar-refractivity contribution in [3.63, 3.8) is 0 Å². The first-order valence-electron chi connectivity index (χ1n) is 6.83. The molecule has 0 fully saturated rings. The molecule has 1 heterocycles. The number of nitrogens with two attached hydrogens (primary N) is 1. The summed E-state index contributed by atoms with van der Waals surface area (Å²) in [5.74, 6) is 0.998. The lowest BCUT2D eigenvalue weighted by molar-refractivity contribution is 0.588. The molecular formula is C14H20N4O2S. The van der Waals surface area contributed by atoms with E-state index >= 15 is 0 Å². The van der Waals surface area contributed by atoms with E-state index < -0.39 is 10.0 Å². The lowest BCUT2D eigenvalue weighted by Crippen LogP contribution is -2.17. The standard InChI is InChI=1S/C14H20N4O2S/c1-2-8-18-9-7-17-14(18)11-16-10-12-3-5-13(6-4-12)21(15,19)20/h3-7,9,16H,2,8,10-11H2,1H3,(H2,15,19,20). The van der Waals surface area contributed by atoms with Gasteiger partial charge in [0.25, 0.3) is 0 Å². The molecule has 6 nitrogen and oxygen atoms in total. The van der Waals surface area contributed by atoms with Gasteiger partial charge in [-0.15, -0.1) is 0 Å². The molecule has 0 unspecified atom stereocenters. The van der Waals surface area contributed by atoms with Gasteiger partial charge in [-0.25, -0.2) is 18.5 Å². The first-order valence-corrected chi connectivity index (χ1v) is 8.38. The molecule has 0 amide bonds. The number of rotatable bonds is 7. The van der Waals surface area contributed by atoms with E-state index in [1.165, 1.54) is 12.1 Å². The van der Waals surface area contributed by atoms with E-state index in [-0.39, 0.29) is 4.90 Å². The molecule has 0 saturated carbocycles. The van der Waals surface area contributed by atoms with E-state index in [4.69, 9.17) is 5.14 Å². The highest BCUT2D eigenvalue weighted by Gasteiger charge is 2.06. The quantitative estimate of drug-likeness (QED) is 0.805. The van der Waals surface area contributed by atoms with Gasteiger partial charge in [-0.05, 0) is 24.1 Å². The minimum absolute atomic E-state index is 0.129. The monoisotopic (exact) mass is 308 g/mol. The Morgan fingerprint density at radius 3 is 2.57 bits per heavy atom. The molecule has 114 valence electrons. The summed E-state index contributed by atoms with van der Waals surface area (Å²) in [6.45, 7) is 4.40. The Balaban J connectivity index is 1.90. The number of aryl methyl sites for hydroxylation is 1. The molecule has 21 heavy (non-hydrogen) atoms. The summed E-state index contributed by atoms with van der Waals surface area (Å²) in [6, 6.07) is 6.55. The van der Waals surface area contributed by atoms with E-state index in [2.05, 4.69) is 21.8 Å². The fraction of sp³-hybridized carbons (Fsp3) is 0.357. The van der Waals surface area contributed by atoms with Crippen molar-refractivity contribution in [1.29, 1.82) is 0 Å². The molecule has 0 aliphatic rings. The Morgan fingerprint density at radius 2 is 1.95 bits per heavy atom. The van der Waals surface area contributed by atoms with Crippen LogP contribution in [-0.2, 0) is 29.7 Å². The van der Waals surface area contributed by atoms with Crippen LogP contribution in [0, 0.1) is 0 Å². The van der Waals surface area contributed by atoms with Gasteiger partial charge in [-0.1, -0.05) is 19.1 Å². The van der Waals surface area contributed by atoms with Crippen molar-refractivity contribution >= 4 is 10.0 Å². The normalized spacial score (nSPS) is 11.7. The van der Waals surface area contributed by atoms with Crippen LogP contribution in [0.15, 0.2) is 41.6 Å². The van der Waals surface area contributed by atoms with Crippen LogP contribution in [0.2, 0.25) is 0 Å². The zero-order chi connectivity index (χ0) is 15.3. The molecule has 2 rings (SSSR count). The third kappa shape index (κ3) is 4.38. The highest BCUT2D eigenvalue weighted by Crippen LogP contribution is 2.08. The minimum Gasteiger partial charge on any atom is -0.334 e. The number of imidazole rings is 1. The molecule has 0 aliphatic heterocycles. The molecule has 2 aromatic rings. The third-order valence-electron chi connectivity index (χ3n) is 3.13. The molecule has 0 radical (unpaired) electrons. The van der Waals surface area contributed by atoms with E-state index in [0.29, 0.717) is 13.1 Å². The first-order chi connectivity index (χ1) is 10.0. The van der Waals surface area contributed by atoms with Crippen molar-refractivity contribution < 1.29 is 8.42 Å². The second-order valence-corrected chi connectivity index (χ2v) is 6.39. The van der Waals surface area contributed by atoms with Crippen molar-refractivity contribution in [2.24, 2.45) is 5.14 Å². The zero-order valence-corrected chi connectivity index (χ0v) is 12.8. The first kappa shape index (κ1) is 15.7. The van der Waals surface area contributed by atoms with Gasteiger partial charge in [0.2, 0.25) is 10.0 Å². The Labute approximate surface area is 125 Å². The van der Waals surface area contributed by atoms with Crippen molar-refractivity contribution in [2.75, 3.05) is 0 Å². The van der Waals surface area contributed by atoms with Crippen LogP contribution in [-0.4, -0.2) is 18.0 Å². The molecule has 0 spiro atoms. The molecular weight excluding hydrogens is 288 g/mol. The van der Waals surface area contributed by atoms with Crippen LogP contribution < -0.4 is 10.5 Å². The maximum Gasteiger partial charge on any atom is 0.238 e. The van der Waals surface area contributed by atoms with Crippen molar-refractivity contribution in [1.82, 2.24) is 14.9 Å². The Bertz CT molecular complexity index is 677. The summed E-state index contributed by atoms with van der Waals surface area (Å²) in [6.07, 6.45) is 4.84. The molecule has 0 aliphatic carbocycles. The predicted molar refractivity (Wildman–Crippen MR) is 80.9 cm³/mol. The number of aromatic nitrogens is 2. The summed E-state index contributed by atoms with van der Waals surface area (Å²) >= 11 is 0. The van der Waals surface area contributed by atoms with Crippen LogP contribution in [0.25, 0.3) is 0 Å². The van der Waals surface area contributed by atoms with E-state index in [0.717, 1.165) is 24.4 Å². The molecule has 1 aromatic heterocycles. The molecule has 0 saturated heterocycles. The molecule has 3 N–H and O–H groups in total. The van der Waals surface area contributed by atoms with Gasteiger partial charge >= 0.3 is 0 Å². The topological polar surface area (TPSA) is 90.0 Å². The van der Waals surface area contributed by atoms with Crippen molar-refractivity contribution in [3.05, 3.63) is 48.0 Å². The molecule has 7 heteroatoms. The molecule has 0 bridgehead atoms. The summed E-state index contributed by atoms with van der Waals surface area (Å²) in [7, 11) is -3.62. The van der Waals surface area contributed by atoms with E-state index in [9.17, 15) is 8.42 Å². The predicted octanol–water partition coefficient (Wildman–Crippen LogP) is 1.23. The Kier molecular flexibility index (Phi) is 5.11. The van der Waals surface area contributed by atoms with Crippen molar-refractivity contribution in [2.45, 2.75) is 37.9 Å². The average Bonchev–Trinajstić information content (AvgIpc) is 2.86. The van der Waals surface area contributed by atoms with E-state index in [1.54, 1.807) is 18.3 Å². The van der Waals surface area contributed by atoms with Crippen LogP contribution >= 0.6 is 0 Å². The van der Waals surface area contributed by atoms with Gasteiger partial charge in [0.15, 0.2) is 0 Å². The lowest BCUT2D eigenvalue weighted by Gasteiger charge is -2.08. The largest absolute Gasteiger partial charge is 0.334 e. The summed E-state index contributed by atoms with van der Waals surface area (Å²) in [5.41, 5.74) is 0.996. The Hall–Kier alpha value is -1.70. The third-order valence-corrected chi connectivity index (χ3v) is 4.06. The SMILES string of the molecule is CCCn1ccnc1CNCc1ccc(S(N)(=O)=O)cc1. The van der Waals surface area contributed by atoms with Gasteiger partial charge < -0.3 is 9.88 Å². The molecule has 0 atom stereocenters. The zero-order valence-electron chi connectivity index (χ0n) is 12.0. The van der Waals surface area contributed by atoms with Gasteiger partial charge in [-0.3, -0.25) is 0 Å². The number of hydrogen-bond acceptors (Lipinski definition) is 4. The fourth-order valence-electron chi connectivity index (χ4n) is 2.07. The number of benzene rings is 1.